The van der Waals surface area contributed by atoms with Gasteiger partial charge in [0.15, 0.2) is 0 Å². The van der Waals surface area contributed by atoms with Crippen LogP contribution in [0.2, 0.25) is 0 Å². The van der Waals surface area contributed by atoms with E-state index < -0.39 is 0 Å². The minimum Gasteiger partial charge on any atom is -0.371 e. The zero-order valence-electron chi connectivity index (χ0n) is 10.3. The van der Waals surface area contributed by atoms with Crippen LogP contribution in [0, 0.1) is 6.61 Å². The van der Waals surface area contributed by atoms with Crippen LogP contribution in [0.5, 0.6) is 0 Å². The van der Waals surface area contributed by atoms with Gasteiger partial charge in [-0.15, -0.1) is 6.58 Å². The van der Waals surface area contributed by atoms with E-state index in [0.717, 1.165) is 6.42 Å². The summed E-state index contributed by atoms with van der Waals surface area (Å²) in [5.41, 5.74) is 0. The molecule has 0 atom stereocenters. The van der Waals surface area contributed by atoms with E-state index in [0.29, 0.717) is 6.61 Å². The molecule has 0 unspecified atom stereocenters. The second-order valence-electron chi connectivity index (χ2n) is 4.05. The first-order valence-electron chi connectivity index (χ1n) is 6.46. The molecule has 0 aliphatic rings. The molecule has 0 aromatic rings. The van der Waals surface area contributed by atoms with E-state index in [9.17, 15) is 0 Å². The van der Waals surface area contributed by atoms with Crippen LogP contribution in [0.4, 0.5) is 0 Å². The standard InChI is InChI=1S/C14H27O/c1-3-5-6-7-8-9-10-11-12-14-15-13-4-2/h4,14H,2-3,5-13H2,1H3. The molecule has 0 fully saturated rings. The molecule has 0 bridgehead atoms. The first kappa shape index (κ1) is 14.7. The van der Waals surface area contributed by atoms with Gasteiger partial charge in [0.2, 0.25) is 0 Å². The Hall–Kier alpha value is -0.300. The highest BCUT2D eigenvalue weighted by Crippen LogP contribution is 2.10. The lowest BCUT2D eigenvalue weighted by molar-refractivity contribution is 0.222. The largest absolute Gasteiger partial charge is 0.371 e. The summed E-state index contributed by atoms with van der Waals surface area (Å²) in [6.07, 6.45) is 13.9. The van der Waals surface area contributed by atoms with Crippen molar-refractivity contribution in [1.29, 1.82) is 0 Å². The van der Waals surface area contributed by atoms with Crippen LogP contribution in [0.3, 0.4) is 0 Å². The highest BCUT2D eigenvalue weighted by Gasteiger charge is 1.92. The van der Waals surface area contributed by atoms with Crippen LogP contribution in [0.25, 0.3) is 0 Å². The zero-order chi connectivity index (χ0) is 11.2. The van der Waals surface area contributed by atoms with Crippen LogP contribution >= 0.6 is 0 Å². The number of rotatable bonds is 12. The Morgan fingerprint density at radius 3 is 2.13 bits per heavy atom. The highest BCUT2D eigenvalue weighted by atomic mass is 16.5. The van der Waals surface area contributed by atoms with Crippen LogP contribution in [-0.4, -0.2) is 6.61 Å². The highest BCUT2D eigenvalue weighted by molar-refractivity contribution is 4.65. The number of unbranched alkanes of at least 4 members (excludes halogenated alkanes) is 8. The summed E-state index contributed by atoms with van der Waals surface area (Å²) in [6, 6.07) is 0. The summed E-state index contributed by atoms with van der Waals surface area (Å²) in [6.45, 7) is 8.43. The van der Waals surface area contributed by atoms with Gasteiger partial charge in [0.25, 0.3) is 0 Å². The van der Waals surface area contributed by atoms with Crippen molar-refractivity contribution in [1.82, 2.24) is 0 Å². The van der Waals surface area contributed by atoms with Gasteiger partial charge in [-0.05, 0) is 6.42 Å². The molecule has 0 saturated carbocycles. The lowest BCUT2D eigenvalue weighted by atomic mass is 10.1. The average Bonchev–Trinajstić information content (AvgIpc) is 2.26. The predicted molar refractivity (Wildman–Crippen MR) is 67.7 cm³/mol. The van der Waals surface area contributed by atoms with Crippen LogP contribution in [-0.2, 0) is 4.74 Å². The van der Waals surface area contributed by atoms with Crippen molar-refractivity contribution < 1.29 is 4.74 Å². The molecule has 89 valence electrons. The summed E-state index contributed by atoms with van der Waals surface area (Å²) < 4.78 is 5.20. The van der Waals surface area contributed by atoms with Gasteiger partial charge >= 0.3 is 0 Å². The Labute approximate surface area is 95.9 Å². The maximum Gasteiger partial charge on any atom is 0.0841 e. The quantitative estimate of drug-likeness (QED) is 0.330. The lowest BCUT2D eigenvalue weighted by Gasteiger charge is -2.01. The zero-order valence-corrected chi connectivity index (χ0v) is 10.3. The number of ether oxygens (including phenoxy) is 1. The van der Waals surface area contributed by atoms with Crippen LogP contribution < -0.4 is 0 Å². The molecule has 0 aliphatic carbocycles. The Balaban J connectivity index is 2.83. The van der Waals surface area contributed by atoms with Gasteiger partial charge in [0.05, 0.1) is 13.2 Å². The molecule has 0 aliphatic heterocycles. The molecule has 0 aromatic heterocycles. The van der Waals surface area contributed by atoms with Crippen molar-refractivity contribution in [3.63, 3.8) is 0 Å². The van der Waals surface area contributed by atoms with E-state index in [4.69, 9.17) is 4.74 Å². The molecule has 0 spiro atoms. The van der Waals surface area contributed by atoms with Gasteiger partial charge in [0.1, 0.15) is 0 Å². The topological polar surface area (TPSA) is 9.23 Å². The Kier molecular flexibility index (Phi) is 13.4. The fourth-order valence-electron chi connectivity index (χ4n) is 1.58. The van der Waals surface area contributed by atoms with Crippen LogP contribution in [0.15, 0.2) is 12.7 Å². The molecule has 15 heavy (non-hydrogen) atoms. The molecule has 1 heteroatoms. The van der Waals surface area contributed by atoms with E-state index in [-0.39, 0.29) is 0 Å². The van der Waals surface area contributed by atoms with Gasteiger partial charge in [-0.3, -0.25) is 0 Å². The smallest absolute Gasteiger partial charge is 0.0841 e. The third-order valence-electron chi connectivity index (χ3n) is 2.51. The van der Waals surface area contributed by atoms with Gasteiger partial charge in [-0.25, -0.2) is 0 Å². The second-order valence-corrected chi connectivity index (χ2v) is 4.05. The molecule has 0 aromatic carbocycles. The molecule has 1 radical (unpaired) electrons. The van der Waals surface area contributed by atoms with Crippen molar-refractivity contribution in [2.45, 2.75) is 64.7 Å². The minimum atomic E-state index is 0.650. The van der Waals surface area contributed by atoms with E-state index in [1.807, 2.05) is 6.61 Å². The van der Waals surface area contributed by atoms with Crippen molar-refractivity contribution in [2.24, 2.45) is 0 Å². The second kappa shape index (κ2) is 13.7. The SMILES string of the molecule is C=CCO[CH]CCCCCCCCCC. The summed E-state index contributed by atoms with van der Waals surface area (Å²) in [7, 11) is 0. The van der Waals surface area contributed by atoms with Crippen LogP contribution in [0.1, 0.15) is 64.7 Å². The first-order valence-corrected chi connectivity index (χ1v) is 6.46. The lowest BCUT2D eigenvalue weighted by Crippen LogP contribution is -1.87. The van der Waals surface area contributed by atoms with E-state index in [1.54, 1.807) is 6.08 Å². The number of hydrogen-bond acceptors (Lipinski definition) is 1. The summed E-state index contributed by atoms with van der Waals surface area (Å²) in [4.78, 5) is 0. The fraction of sp³-hybridized carbons (Fsp3) is 0.786. The molecule has 0 saturated heterocycles. The van der Waals surface area contributed by atoms with E-state index in [1.165, 1.54) is 51.4 Å². The monoisotopic (exact) mass is 211 g/mol. The maximum absolute atomic E-state index is 5.20. The van der Waals surface area contributed by atoms with Gasteiger partial charge < -0.3 is 4.74 Å². The summed E-state index contributed by atoms with van der Waals surface area (Å²) in [5.74, 6) is 0. The molecule has 0 amide bonds. The Bertz CT molecular complexity index is 121. The summed E-state index contributed by atoms with van der Waals surface area (Å²) in [5, 5.41) is 0. The maximum atomic E-state index is 5.20. The third-order valence-corrected chi connectivity index (χ3v) is 2.51. The average molecular weight is 211 g/mol. The van der Waals surface area contributed by atoms with Gasteiger partial charge in [-0.2, -0.15) is 0 Å². The molecular weight excluding hydrogens is 184 g/mol. The van der Waals surface area contributed by atoms with Crippen molar-refractivity contribution in [3.05, 3.63) is 19.3 Å². The fourth-order valence-corrected chi connectivity index (χ4v) is 1.58. The molecule has 0 N–H and O–H groups in total. The normalized spacial score (nSPS) is 10.5. The summed E-state index contributed by atoms with van der Waals surface area (Å²) >= 11 is 0. The first-order chi connectivity index (χ1) is 7.41. The van der Waals surface area contributed by atoms with Crippen molar-refractivity contribution in [2.75, 3.05) is 6.61 Å². The van der Waals surface area contributed by atoms with Gasteiger partial charge in [0, 0.05) is 0 Å². The Morgan fingerprint density at radius 2 is 1.53 bits per heavy atom. The third kappa shape index (κ3) is 13.7. The molecular formula is C14H27O. The molecule has 0 heterocycles. The Morgan fingerprint density at radius 1 is 0.933 bits per heavy atom. The van der Waals surface area contributed by atoms with Gasteiger partial charge in [-0.1, -0.05) is 64.4 Å². The number of hydrogen-bond donors (Lipinski definition) is 0. The minimum absolute atomic E-state index is 0.650. The van der Waals surface area contributed by atoms with Crippen molar-refractivity contribution in [3.8, 4) is 0 Å². The van der Waals surface area contributed by atoms with E-state index in [2.05, 4.69) is 13.5 Å². The predicted octanol–water partition coefficient (Wildman–Crippen LogP) is 4.88. The van der Waals surface area contributed by atoms with Crippen molar-refractivity contribution >= 4 is 0 Å². The molecule has 1 nitrogen and oxygen atoms in total. The van der Waals surface area contributed by atoms with E-state index >= 15 is 0 Å². The molecule has 0 rings (SSSR count).